The summed E-state index contributed by atoms with van der Waals surface area (Å²) in [6, 6.07) is 15.4. The Morgan fingerprint density at radius 2 is 1.82 bits per heavy atom. The van der Waals surface area contributed by atoms with Crippen LogP contribution >= 0.6 is 11.3 Å². The van der Waals surface area contributed by atoms with E-state index in [0.717, 1.165) is 26.5 Å². The van der Waals surface area contributed by atoms with Crippen LogP contribution in [0.4, 0.5) is 0 Å². The van der Waals surface area contributed by atoms with Gasteiger partial charge in [0.2, 0.25) is 6.79 Å². The maximum absolute atomic E-state index is 13.2. The van der Waals surface area contributed by atoms with Crippen molar-refractivity contribution in [2.75, 3.05) is 13.9 Å². The normalized spacial score (nSPS) is 16.5. The number of hydrogen-bond acceptors (Lipinski definition) is 7. The topological polar surface area (TPSA) is 63.2 Å². The summed E-state index contributed by atoms with van der Waals surface area (Å²) in [4.78, 5) is 15.3. The Hall–Kier alpha value is -3.45. The number of benzene rings is 2. The number of fused-ring (bicyclic) bond motifs is 2. The predicted octanol–water partition coefficient (Wildman–Crippen LogP) is 5.68. The number of ether oxygens (including phenoxy) is 5. The van der Waals surface area contributed by atoms with Gasteiger partial charge in [-0.3, -0.25) is 0 Å². The van der Waals surface area contributed by atoms with E-state index in [0.29, 0.717) is 28.6 Å². The van der Waals surface area contributed by atoms with Crippen LogP contribution in [-0.2, 0) is 9.53 Å². The molecular weight excluding hydrogens is 440 g/mol. The molecule has 0 bridgehead atoms. The number of aryl methyl sites for hydroxylation is 1. The van der Waals surface area contributed by atoms with Crippen molar-refractivity contribution in [3.05, 3.63) is 75.0 Å². The highest BCUT2D eigenvalue weighted by atomic mass is 32.1. The van der Waals surface area contributed by atoms with E-state index < -0.39 is 12.1 Å². The van der Waals surface area contributed by atoms with E-state index in [1.165, 1.54) is 7.11 Å². The smallest absolute Gasteiger partial charge is 0.338 e. The minimum Gasteiger partial charge on any atom is -0.491 e. The van der Waals surface area contributed by atoms with E-state index in [1.54, 1.807) is 11.3 Å². The summed E-state index contributed by atoms with van der Waals surface area (Å²) in [6.45, 7) is 6.17. The summed E-state index contributed by atoms with van der Waals surface area (Å²) < 4.78 is 28.6. The number of thiophene rings is 1. The van der Waals surface area contributed by atoms with Gasteiger partial charge in [-0.25, -0.2) is 4.79 Å². The van der Waals surface area contributed by atoms with Crippen molar-refractivity contribution in [3.63, 3.8) is 0 Å². The number of rotatable bonds is 5. The van der Waals surface area contributed by atoms with Crippen LogP contribution in [0.5, 0.6) is 23.0 Å². The molecule has 0 amide bonds. The summed E-state index contributed by atoms with van der Waals surface area (Å²) in [5, 5.41) is 0. The fourth-order valence-electron chi connectivity index (χ4n) is 4.08. The highest BCUT2D eigenvalue weighted by molar-refractivity contribution is 7.13. The molecular formula is C26H24O6S. The van der Waals surface area contributed by atoms with Crippen molar-refractivity contribution in [3.8, 4) is 23.0 Å². The molecule has 170 valence electrons. The van der Waals surface area contributed by atoms with E-state index in [9.17, 15) is 4.79 Å². The maximum Gasteiger partial charge on any atom is 0.338 e. The van der Waals surface area contributed by atoms with Gasteiger partial charge in [0.15, 0.2) is 17.6 Å². The van der Waals surface area contributed by atoms with Gasteiger partial charge in [0, 0.05) is 26.5 Å². The standard InChI is InChI=1S/C26H24O6S/c1-14(2)31-17-7-9-19-18(12-17)23(22-10-5-15(3)33-22)24(26(27)28-4)25(32-19)16-6-8-20-21(11-16)30-13-29-20/h5-12,14,25H,13H2,1-4H3. The zero-order valence-electron chi connectivity index (χ0n) is 18.8. The Labute approximate surface area is 196 Å². The summed E-state index contributed by atoms with van der Waals surface area (Å²) >= 11 is 1.62. The Morgan fingerprint density at radius 3 is 2.55 bits per heavy atom. The summed E-state index contributed by atoms with van der Waals surface area (Å²) in [5.41, 5.74) is 2.80. The molecule has 1 unspecified atom stereocenters. The first-order chi connectivity index (χ1) is 15.9. The Kier molecular flexibility index (Phi) is 5.50. The molecule has 0 fully saturated rings. The predicted molar refractivity (Wildman–Crippen MR) is 125 cm³/mol. The molecule has 1 atom stereocenters. The number of methoxy groups -OCH3 is 1. The molecule has 3 heterocycles. The van der Waals surface area contributed by atoms with E-state index >= 15 is 0 Å². The molecule has 2 aliphatic heterocycles. The monoisotopic (exact) mass is 464 g/mol. The molecule has 0 radical (unpaired) electrons. The van der Waals surface area contributed by atoms with Gasteiger partial charge in [-0.2, -0.15) is 0 Å². The molecule has 2 aromatic carbocycles. The van der Waals surface area contributed by atoms with Gasteiger partial charge in [0.05, 0.1) is 18.8 Å². The van der Waals surface area contributed by atoms with E-state index in [2.05, 4.69) is 0 Å². The lowest BCUT2D eigenvalue weighted by atomic mass is 9.88. The molecule has 33 heavy (non-hydrogen) atoms. The average Bonchev–Trinajstić information content (AvgIpc) is 3.45. The van der Waals surface area contributed by atoms with Crippen molar-refractivity contribution < 1.29 is 28.5 Å². The molecule has 3 aromatic rings. The summed E-state index contributed by atoms with van der Waals surface area (Å²) in [6.07, 6.45) is -0.654. The third kappa shape index (κ3) is 3.93. The van der Waals surface area contributed by atoms with Crippen LogP contribution in [0.25, 0.3) is 5.57 Å². The molecule has 2 aliphatic rings. The molecule has 0 N–H and O–H groups in total. The minimum absolute atomic E-state index is 0.0189. The second-order valence-electron chi connectivity index (χ2n) is 8.13. The van der Waals surface area contributed by atoms with Gasteiger partial charge in [-0.1, -0.05) is 6.07 Å². The molecule has 0 saturated carbocycles. The van der Waals surface area contributed by atoms with E-state index in [-0.39, 0.29) is 12.9 Å². The molecule has 0 spiro atoms. The van der Waals surface area contributed by atoms with Crippen LogP contribution in [0, 0.1) is 6.92 Å². The number of esters is 1. The van der Waals surface area contributed by atoms with Crippen LogP contribution < -0.4 is 18.9 Å². The second-order valence-corrected chi connectivity index (χ2v) is 9.41. The zero-order chi connectivity index (χ0) is 23.1. The van der Waals surface area contributed by atoms with Crippen LogP contribution in [0.1, 0.15) is 40.8 Å². The first-order valence-electron chi connectivity index (χ1n) is 10.7. The van der Waals surface area contributed by atoms with Crippen LogP contribution in [0.3, 0.4) is 0 Å². The third-order valence-corrected chi connectivity index (χ3v) is 6.48. The van der Waals surface area contributed by atoms with E-state index in [1.807, 2.05) is 69.3 Å². The lowest BCUT2D eigenvalue weighted by Gasteiger charge is -2.30. The van der Waals surface area contributed by atoms with Gasteiger partial charge < -0.3 is 23.7 Å². The molecule has 7 heteroatoms. The van der Waals surface area contributed by atoms with Gasteiger partial charge in [-0.05, 0) is 63.2 Å². The second kappa shape index (κ2) is 8.48. The van der Waals surface area contributed by atoms with Crippen molar-refractivity contribution in [2.24, 2.45) is 0 Å². The van der Waals surface area contributed by atoms with Gasteiger partial charge in [0.1, 0.15) is 11.5 Å². The number of carbonyl (C=O) groups is 1. The number of hydrogen-bond donors (Lipinski definition) is 0. The zero-order valence-corrected chi connectivity index (χ0v) is 19.7. The third-order valence-electron chi connectivity index (χ3n) is 5.46. The van der Waals surface area contributed by atoms with Gasteiger partial charge >= 0.3 is 5.97 Å². The molecule has 5 rings (SSSR count). The van der Waals surface area contributed by atoms with Crippen molar-refractivity contribution in [1.29, 1.82) is 0 Å². The van der Waals surface area contributed by atoms with Crippen molar-refractivity contribution in [1.82, 2.24) is 0 Å². The molecule has 0 saturated heterocycles. The SMILES string of the molecule is COC(=O)C1=C(c2ccc(C)s2)c2cc(OC(C)C)ccc2OC1c1ccc2c(c1)OCO2. The molecule has 0 aliphatic carbocycles. The Bertz CT molecular complexity index is 1260. The highest BCUT2D eigenvalue weighted by Crippen LogP contribution is 2.49. The first-order valence-corrected chi connectivity index (χ1v) is 11.5. The van der Waals surface area contributed by atoms with Crippen molar-refractivity contribution >= 4 is 22.9 Å². The van der Waals surface area contributed by atoms with Crippen LogP contribution in [0.2, 0.25) is 0 Å². The minimum atomic E-state index is -0.672. The maximum atomic E-state index is 13.2. The van der Waals surface area contributed by atoms with Gasteiger partial charge in [-0.15, -0.1) is 11.3 Å². The quantitative estimate of drug-likeness (QED) is 0.453. The Balaban J connectivity index is 1.74. The average molecular weight is 465 g/mol. The summed E-state index contributed by atoms with van der Waals surface area (Å²) in [5.74, 6) is 2.23. The highest BCUT2D eigenvalue weighted by Gasteiger charge is 2.37. The first kappa shape index (κ1) is 21.4. The molecule has 1 aromatic heterocycles. The van der Waals surface area contributed by atoms with Crippen LogP contribution in [-0.4, -0.2) is 26.0 Å². The van der Waals surface area contributed by atoms with Crippen LogP contribution in [0.15, 0.2) is 54.1 Å². The van der Waals surface area contributed by atoms with E-state index in [4.69, 9.17) is 23.7 Å². The fourth-order valence-corrected chi connectivity index (χ4v) is 5.02. The largest absolute Gasteiger partial charge is 0.491 e. The lowest BCUT2D eigenvalue weighted by Crippen LogP contribution is -2.24. The Morgan fingerprint density at radius 1 is 1.03 bits per heavy atom. The van der Waals surface area contributed by atoms with Gasteiger partial charge in [0.25, 0.3) is 0 Å². The lowest BCUT2D eigenvalue weighted by molar-refractivity contribution is -0.137. The fraction of sp³-hybridized carbons (Fsp3) is 0.269. The summed E-state index contributed by atoms with van der Waals surface area (Å²) in [7, 11) is 1.39. The molecule has 6 nitrogen and oxygen atoms in total. The van der Waals surface area contributed by atoms with Crippen molar-refractivity contribution in [2.45, 2.75) is 33.0 Å². The number of carbonyl (C=O) groups excluding carboxylic acids is 1.